The topological polar surface area (TPSA) is 75.4 Å². The lowest BCUT2D eigenvalue weighted by Crippen LogP contribution is -2.22. The zero-order valence-corrected chi connectivity index (χ0v) is 16.2. The van der Waals surface area contributed by atoms with Crippen LogP contribution in [0.2, 0.25) is 0 Å². The summed E-state index contributed by atoms with van der Waals surface area (Å²) in [5, 5.41) is 15.9. The van der Waals surface area contributed by atoms with E-state index in [1.807, 2.05) is 24.4 Å². The molecule has 1 heterocycles. The molecule has 8 heteroatoms. The van der Waals surface area contributed by atoms with Gasteiger partial charge in [0, 0.05) is 30.2 Å². The first-order valence-electron chi connectivity index (χ1n) is 7.61. The standard InChI is InChI=1S/C17H18BrN3O3S/c1-20(2)25(23,24)13-8-6-12(7-9-13)17(22)11-21-10-14-15(18)4-3-5-16(14)19-21/h3-10,17,22H,11H2,1-2H3/t17-/m0/s1. The van der Waals surface area contributed by atoms with Gasteiger partial charge in [-0.05, 0) is 29.8 Å². The highest BCUT2D eigenvalue weighted by Crippen LogP contribution is 2.24. The van der Waals surface area contributed by atoms with Crippen molar-refractivity contribution in [1.29, 1.82) is 0 Å². The third-order valence-electron chi connectivity index (χ3n) is 3.95. The van der Waals surface area contributed by atoms with Crippen molar-refractivity contribution in [1.82, 2.24) is 14.1 Å². The van der Waals surface area contributed by atoms with Gasteiger partial charge in [-0.1, -0.05) is 34.1 Å². The van der Waals surface area contributed by atoms with Crippen molar-refractivity contribution in [3.63, 3.8) is 0 Å². The van der Waals surface area contributed by atoms with Crippen LogP contribution in [-0.4, -0.2) is 41.7 Å². The molecule has 1 N–H and O–H groups in total. The Kier molecular flexibility index (Phi) is 4.97. The largest absolute Gasteiger partial charge is 0.386 e. The monoisotopic (exact) mass is 423 g/mol. The van der Waals surface area contributed by atoms with Gasteiger partial charge in [-0.3, -0.25) is 4.68 Å². The summed E-state index contributed by atoms with van der Waals surface area (Å²) >= 11 is 3.48. The predicted molar refractivity (Wildman–Crippen MR) is 99.7 cm³/mol. The number of nitrogens with zero attached hydrogens (tertiary/aromatic N) is 3. The van der Waals surface area contributed by atoms with Crippen LogP contribution in [0, 0.1) is 0 Å². The maximum Gasteiger partial charge on any atom is 0.242 e. The third-order valence-corrected chi connectivity index (χ3v) is 6.47. The van der Waals surface area contributed by atoms with Gasteiger partial charge in [0.2, 0.25) is 10.0 Å². The van der Waals surface area contributed by atoms with Crippen LogP contribution in [0.25, 0.3) is 10.9 Å². The number of rotatable bonds is 5. The summed E-state index contributed by atoms with van der Waals surface area (Å²) in [6, 6.07) is 12.0. The Hall–Kier alpha value is -1.74. The van der Waals surface area contributed by atoms with Gasteiger partial charge in [0.05, 0.1) is 23.1 Å². The van der Waals surface area contributed by atoms with E-state index in [-0.39, 0.29) is 11.4 Å². The van der Waals surface area contributed by atoms with Crippen LogP contribution >= 0.6 is 15.9 Å². The van der Waals surface area contributed by atoms with Crippen molar-refractivity contribution in [3.05, 3.63) is 58.7 Å². The van der Waals surface area contributed by atoms with Gasteiger partial charge >= 0.3 is 0 Å². The van der Waals surface area contributed by atoms with Crippen LogP contribution in [-0.2, 0) is 16.6 Å². The number of benzene rings is 2. The highest BCUT2D eigenvalue weighted by atomic mass is 79.9. The minimum Gasteiger partial charge on any atom is -0.386 e. The normalized spacial score (nSPS) is 13.5. The fourth-order valence-corrected chi connectivity index (χ4v) is 3.87. The Morgan fingerprint density at radius 1 is 1.20 bits per heavy atom. The van der Waals surface area contributed by atoms with Crippen molar-refractivity contribution in [2.75, 3.05) is 14.1 Å². The average molecular weight is 424 g/mol. The van der Waals surface area contributed by atoms with Gasteiger partial charge in [0.15, 0.2) is 0 Å². The van der Waals surface area contributed by atoms with Crippen LogP contribution < -0.4 is 0 Å². The quantitative estimate of drug-likeness (QED) is 0.684. The maximum atomic E-state index is 12.1. The molecular formula is C17H18BrN3O3S. The van der Waals surface area contributed by atoms with Gasteiger partial charge in [0.1, 0.15) is 0 Å². The molecule has 0 saturated heterocycles. The van der Waals surface area contributed by atoms with Gasteiger partial charge in [-0.2, -0.15) is 5.10 Å². The summed E-state index contributed by atoms with van der Waals surface area (Å²) in [6.07, 6.45) is 1.08. The Morgan fingerprint density at radius 2 is 1.88 bits per heavy atom. The lowest BCUT2D eigenvalue weighted by Gasteiger charge is -2.14. The molecule has 3 aromatic rings. The fraction of sp³-hybridized carbons (Fsp3) is 0.235. The highest BCUT2D eigenvalue weighted by molar-refractivity contribution is 9.10. The second-order valence-corrected chi connectivity index (χ2v) is 8.90. The molecule has 0 amide bonds. The summed E-state index contributed by atoms with van der Waals surface area (Å²) in [5.74, 6) is 0. The van der Waals surface area contributed by atoms with Crippen molar-refractivity contribution in [2.45, 2.75) is 17.5 Å². The smallest absolute Gasteiger partial charge is 0.242 e. The van der Waals surface area contributed by atoms with Gasteiger partial charge in [0.25, 0.3) is 0 Å². The Labute approximate surface area is 154 Å². The van der Waals surface area contributed by atoms with Crippen molar-refractivity contribution in [3.8, 4) is 0 Å². The lowest BCUT2D eigenvalue weighted by atomic mass is 10.1. The molecule has 0 aliphatic heterocycles. The van der Waals surface area contributed by atoms with E-state index >= 15 is 0 Å². The van der Waals surface area contributed by atoms with E-state index in [1.165, 1.54) is 26.2 Å². The fourth-order valence-electron chi connectivity index (χ4n) is 2.51. The second kappa shape index (κ2) is 6.87. The first-order valence-corrected chi connectivity index (χ1v) is 9.84. The zero-order chi connectivity index (χ0) is 18.2. The summed E-state index contributed by atoms with van der Waals surface area (Å²) < 4.78 is 28.0. The molecule has 1 aromatic heterocycles. The SMILES string of the molecule is CN(C)S(=O)(=O)c1ccc([C@@H](O)Cn2cc3c(Br)cccc3n2)cc1. The second-order valence-electron chi connectivity index (χ2n) is 5.90. The summed E-state index contributed by atoms with van der Waals surface area (Å²) in [7, 11) is -0.502. The summed E-state index contributed by atoms with van der Waals surface area (Å²) in [6.45, 7) is 0.279. The molecule has 3 rings (SSSR count). The minimum absolute atomic E-state index is 0.196. The predicted octanol–water partition coefficient (Wildman–Crippen LogP) is 2.78. The van der Waals surface area contributed by atoms with E-state index in [0.29, 0.717) is 5.56 Å². The molecule has 0 saturated carbocycles. The first-order chi connectivity index (χ1) is 11.8. The molecule has 1 atom stereocenters. The Bertz CT molecular complexity index is 998. The average Bonchev–Trinajstić information content (AvgIpc) is 2.98. The van der Waals surface area contributed by atoms with E-state index in [4.69, 9.17) is 0 Å². The van der Waals surface area contributed by atoms with Crippen LogP contribution in [0.1, 0.15) is 11.7 Å². The molecule has 0 bridgehead atoms. The van der Waals surface area contributed by atoms with Crippen molar-refractivity contribution in [2.24, 2.45) is 0 Å². The van der Waals surface area contributed by atoms with E-state index in [2.05, 4.69) is 21.0 Å². The maximum absolute atomic E-state index is 12.1. The van der Waals surface area contributed by atoms with Crippen molar-refractivity contribution >= 4 is 36.9 Å². The Morgan fingerprint density at radius 3 is 2.48 bits per heavy atom. The van der Waals surface area contributed by atoms with Crippen LogP contribution in [0.15, 0.2) is 58.0 Å². The molecule has 25 heavy (non-hydrogen) atoms. The van der Waals surface area contributed by atoms with Gasteiger partial charge in [-0.15, -0.1) is 0 Å². The molecule has 0 spiro atoms. The van der Waals surface area contributed by atoms with Crippen LogP contribution in [0.5, 0.6) is 0 Å². The van der Waals surface area contributed by atoms with Gasteiger partial charge < -0.3 is 5.11 Å². The van der Waals surface area contributed by atoms with Gasteiger partial charge in [-0.25, -0.2) is 12.7 Å². The van der Waals surface area contributed by atoms with E-state index in [1.54, 1.807) is 16.8 Å². The molecule has 0 unspecified atom stereocenters. The number of sulfonamides is 1. The van der Waals surface area contributed by atoms with E-state index < -0.39 is 16.1 Å². The number of hydrogen-bond donors (Lipinski definition) is 1. The highest BCUT2D eigenvalue weighted by Gasteiger charge is 2.18. The van der Waals surface area contributed by atoms with Crippen molar-refractivity contribution < 1.29 is 13.5 Å². The van der Waals surface area contributed by atoms with E-state index in [0.717, 1.165) is 19.7 Å². The summed E-state index contributed by atoms with van der Waals surface area (Å²) in [5.41, 5.74) is 1.48. The molecule has 132 valence electrons. The summed E-state index contributed by atoms with van der Waals surface area (Å²) in [4.78, 5) is 0.196. The number of fused-ring (bicyclic) bond motifs is 1. The molecule has 0 aliphatic carbocycles. The molecule has 6 nitrogen and oxygen atoms in total. The first kappa shape index (κ1) is 18.1. The van der Waals surface area contributed by atoms with E-state index in [9.17, 15) is 13.5 Å². The molecule has 2 aromatic carbocycles. The number of hydrogen-bond acceptors (Lipinski definition) is 4. The molecule has 0 radical (unpaired) electrons. The minimum atomic E-state index is -3.47. The molecular weight excluding hydrogens is 406 g/mol. The number of aliphatic hydroxyl groups is 1. The Balaban J connectivity index is 1.81. The number of aliphatic hydroxyl groups excluding tert-OH is 1. The van der Waals surface area contributed by atoms with Crippen LogP contribution in [0.3, 0.4) is 0 Å². The number of aromatic nitrogens is 2. The van der Waals surface area contributed by atoms with Crippen LogP contribution in [0.4, 0.5) is 0 Å². The molecule has 0 aliphatic rings. The zero-order valence-electron chi connectivity index (χ0n) is 13.8. The molecule has 0 fully saturated rings. The lowest BCUT2D eigenvalue weighted by molar-refractivity contribution is 0.152. The number of halogens is 1. The third kappa shape index (κ3) is 3.62.